The van der Waals surface area contributed by atoms with Crippen molar-refractivity contribution in [2.75, 3.05) is 19.6 Å². The Morgan fingerprint density at radius 2 is 2.21 bits per heavy atom. The van der Waals surface area contributed by atoms with E-state index in [0.717, 1.165) is 18.8 Å². The number of pyridine rings is 1. The van der Waals surface area contributed by atoms with Crippen LogP contribution in [0.5, 0.6) is 0 Å². The lowest BCUT2D eigenvalue weighted by atomic mass is 9.93. The van der Waals surface area contributed by atoms with Crippen LogP contribution in [0.1, 0.15) is 25.6 Å². The summed E-state index contributed by atoms with van der Waals surface area (Å²) in [5.74, 6) is 1.69. The minimum Gasteiger partial charge on any atom is -0.304 e. The van der Waals surface area contributed by atoms with E-state index in [2.05, 4.69) is 21.9 Å². The highest BCUT2D eigenvalue weighted by molar-refractivity contribution is 5.36. The van der Waals surface area contributed by atoms with Crippen molar-refractivity contribution < 1.29 is 0 Å². The molecule has 5 heteroatoms. The molecule has 1 N–H and O–H groups in total. The van der Waals surface area contributed by atoms with Gasteiger partial charge < -0.3 is 4.90 Å². The molecule has 0 atom stereocenters. The summed E-state index contributed by atoms with van der Waals surface area (Å²) in [6.07, 6.45) is 5.20. The van der Waals surface area contributed by atoms with Crippen LogP contribution in [0.15, 0.2) is 23.1 Å². The van der Waals surface area contributed by atoms with Gasteiger partial charge in [-0.2, -0.15) is 0 Å². The molecule has 3 heterocycles. The van der Waals surface area contributed by atoms with Crippen molar-refractivity contribution >= 4 is 5.65 Å². The van der Waals surface area contributed by atoms with Crippen molar-refractivity contribution in [3.8, 4) is 0 Å². The maximum Gasteiger partial charge on any atom is 0.183 e. The molecule has 0 amide bonds. The van der Waals surface area contributed by atoms with E-state index < -0.39 is 0 Å². The first-order valence-electron chi connectivity index (χ1n) is 7.04. The van der Waals surface area contributed by atoms with Crippen molar-refractivity contribution in [3.63, 3.8) is 0 Å². The van der Waals surface area contributed by atoms with Gasteiger partial charge in [0.15, 0.2) is 11.1 Å². The largest absolute Gasteiger partial charge is 0.304 e. The second kappa shape index (κ2) is 5.17. The van der Waals surface area contributed by atoms with Crippen LogP contribution in [0.25, 0.3) is 5.65 Å². The third-order valence-corrected chi connectivity index (χ3v) is 4.04. The predicted molar refractivity (Wildman–Crippen MR) is 74.4 cm³/mol. The van der Waals surface area contributed by atoms with Gasteiger partial charge in [0.2, 0.25) is 0 Å². The summed E-state index contributed by atoms with van der Waals surface area (Å²) in [6.45, 7) is 5.76. The average molecular weight is 260 g/mol. The fourth-order valence-electron chi connectivity index (χ4n) is 2.82. The smallest absolute Gasteiger partial charge is 0.183 e. The zero-order valence-corrected chi connectivity index (χ0v) is 11.3. The number of H-pyrrole nitrogens is 1. The predicted octanol–water partition coefficient (Wildman–Crippen LogP) is 1.30. The Kier molecular flexibility index (Phi) is 3.38. The van der Waals surface area contributed by atoms with Gasteiger partial charge in [0.05, 0.1) is 0 Å². The van der Waals surface area contributed by atoms with Gasteiger partial charge >= 0.3 is 0 Å². The van der Waals surface area contributed by atoms with Crippen LogP contribution in [-0.4, -0.2) is 39.1 Å². The summed E-state index contributed by atoms with van der Waals surface area (Å²) in [5.41, 5.74) is 0.725. The molecule has 0 bridgehead atoms. The molecule has 5 nitrogen and oxygen atoms in total. The van der Waals surface area contributed by atoms with Crippen LogP contribution in [0.3, 0.4) is 0 Å². The molecule has 102 valence electrons. The molecule has 1 aliphatic heterocycles. The summed E-state index contributed by atoms with van der Waals surface area (Å²) in [5, 5.41) is 3.25. The number of hydrogen-bond donors (Lipinski definition) is 1. The standard InChI is InChI=1S/C14H20N4O/c1-2-17-6-3-11(4-7-17)9-13-15-14-10-12(19)5-8-18(14)16-13/h5,8,10-11H,2-4,6-7,9H2,1H3,(H,15,16). The topological polar surface area (TPSA) is 53.4 Å². The fourth-order valence-corrected chi connectivity index (χ4v) is 2.82. The van der Waals surface area contributed by atoms with E-state index in [4.69, 9.17) is 0 Å². The highest BCUT2D eigenvalue weighted by atomic mass is 16.1. The number of piperidine rings is 1. The van der Waals surface area contributed by atoms with E-state index in [1.54, 1.807) is 18.3 Å². The summed E-state index contributed by atoms with van der Waals surface area (Å²) in [6, 6.07) is 3.12. The van der Waals surface area contributed by atoms with Crippen molar-refractivity contribution in [1.82, 2.24) is 19.5 Å². The molecule has 2 aromatic rings. The maximum atomic E-state index is 11.3. The van der Waals surface area contributed by atoms with Crippen LogP contribution in [0.2, 0.25) is 0 Å². The first-order chi connectivity index (χ1) is 9.24. The number of nitrogens with zero attached hydrogens (tertiary/aromatic N) is 3. The molecule has 0 spiro atoms. The number of aromatic nitrogens is 3. The first-order valence-corrected chi connectivity index (χ1v) is 7.04. The molecular weight excluding hydrogens is 240 g/mol. The molecule has 1 aliphatic rings. The monoisotopic (exact) mass is 260 g/mol. The molecule has 3 rings (SSSR count). The lowest BCUT2D eigenvalue weighted by Gasteiger charge is -2.30. The molecule has 1 saturated heterocycles. The third kappa shape index (κ3) is 2.71. The Hall–Kier alpha value is -1.62. The summed E-state index contributed by atoms with van der Waals surface area (Å²) in [4.78, 5) is 18.3. The highest BCUT2D eigenvalue weighted by Crippen LogP contribution is 2.20. The van der Waals surface area contributed by atoms with Crippen molar-refractivity contribution in [2.45, 2.75) is 26.2 Å². The Balaban J connectivity index is 1.70. The molecule has 0 unspecified atom stereocenters. The summed E-state index contributed by atoms with van der Waals surface area (Å²) >= 11 is 0. The van der Waals surface area contributed by atoms with Crippen LogP contribution in [-0.2, 0) is 6.42 Å². The second-order valence-corrected chi connectivity index (χ2v) is 5.34. The minimum atomic E-state index is 0.00861. The van der Waals surface area contributed by atoms with E-state index in [1.807, 2.05) is 4.52 Å². The maximum absolute atomic E-state index is 11.3. The van der Waals surface area contributed by atoms with Crippen LogP contribution in [0.4, 0.5) is 0 Å². The molecular formula is C14H20N4O. The van der Waals surface area contributed by atoms with Gasteiger partial charge in [0.25, 0.3) is 0 Å². The highest BCUT2D eigenvalue weighted by Gasteiger charge is 2.19. The fraction of sp³-hybridized carbons (Fsp3) is 0.571. The number of aromatic amines is 1. The van der Waals surface area contributed by atoms with Gasteiger partial charge in [-0.3, -0.25) is 9.89 Å². The van der Waals surface area contributed by atoms with Gasteiger partial charge in [0, 0.05) is 24.8 Å². The van der Waals surface area contributed by atoms with Gasteiger partial charge in [-0.25, -0.2) is 9.50 Å². The third-order valence-electron chi connectivity index (χ3n) is 4.04. The average Bonchev–Trinajstić information content (AvgIpc) is 2.81. The Labute approximate surface area is 112 Å². The van der Waals surface area contributed by atoms with E-state index in [1.165, 1.54) is 25.9 Å². The van der Waals surface area contributed by atoms with Gasteiger partial charge in [0.1, 0.15) is 5.82 Å². The molecule has 0 radical (unpaired) electrons. The Morgan fingerprint density at radius 3 is 2.95 bits per heavy atom. The zero-order valence-electron chi connectivity index (χ0n) is 11.3. The lowest BCUT2D eigenvalue weighted by Crippen LogP contribution is -2.34. The van der Waals surface area contributed by atoms with Crippen LogP contribution < -0.4 is 5.43 Å². The number of fused-ring (bicyclic) bond motifs is 1. The van der Waals surface area contributed by atoms with Gasteiger partial charge in [-0.15, -0.1) is 0 Å². The molecule has 2 aromatic heterocycles. The number of likely N-dealkylation sites (tertiary alicyclic amines) is 1. The Bertz CT molecular complexity index is 607. The van der Waals surface area contributed by atoms with E-state index in [0.29, 0.717) is 11.6 Å². The number of hydrogen-bond acceptors (Lipinski definition) is 3. The minimum absolute atomic E-state index is 0.00861. The van der Waals surface area contributed by atoms with E-state index in [-0.39, 0.29) is 5.43 Å². The van der Waals surface area contributed by atoms with Crippen molar-refractivity contribution in [1.29, 1.82) is 0 Å². The van der Waals surface area contributed by atoms with Crippen LogP contribution >= 0.6 is 0 Å². The molecule has 0 saturated carbocycles. The molecule has 1 fully saturated rings. The normalized spacial score (nSPS) is 18.2. The summed E-state index contributed by atoms with van der Waals surface area (Å²) < 4.78 is 1.82. The van der Waals surface area contributed by atoms with Crippen LogP contribution in [0, 0.1) is 5.92 Å². The lowest BCUT2D eigenvalue weighted by molar-refractivity contribution is 0.191. The zero-order chi connectivity index (χ0) is 13.2. The molecule has 0 aromatic carbocycles. The van der Waals surface area contributed by atoms with Crippen molar-refractivity contribution in [3.05, 3.63) is 34.4 Å². The molecule has 0 aliphatic carbocycles. The second-order valence-electron chi connectivity index (χ2n) is 5.34. The van der Waals surface area contributed by atoms with E-state index >= 15 is 0 Å². The molecule has 19 heavy (non-hydrogen) atoms. The summed E-state index contributed by atoms with van der Waals surface area (Å²) in [7, 11) is 0. The van der Waals surface area contributed by atoms with Crippen molar-refractivity contribution in [2.24, 2.45) is 5.92 Å². The van der Waals surface area contributed by atoms with Gasteiger partial charge in [-0.1, -0.05) is 6.92 Å². The first kappa shape index (κ1) is 12.4. The Morgan fingerprint density at radius 1 is 1.42 bits per heavy atom. The number of nitrogens with one attached hydrogen (secondary N) is 1. The number of rotatable bonds is 3. The quantitative estimate of drug-likeness (QED) is 0.905. The van der Waals surface area contributed by atoms with Gasteiger partial charge in [-0.05, 0) is 38.4 Å². The SMILES string of the molecule is CCN1CCC(Cc2nc3cc(=O)ccn3[nH]2)CC1. The van der Waals surface area contributed by atoms with E-state index in [9.17, 15) is 4.79 Å².